The molecule has 1 aromatic heterocycles. The van der Waals surface area contributed by atoms with E-state index in [4.69, 9.17) is 0 Å². The monoisotopic (exact) mass is 328 g/mol. The van der Waals surface area contributed by atoms with Gasteiger partial charge in [0.05, 0.1) is 0 Å². The molecule has 2 heterocycles. The molecule has 1 aliphatic carbocycles. The molecule has 21 heavy (non-hydrogen) atoms. The van der Waals surface area contributed by atoms with Crippen molar-refractivity contribution < 1.29 is 8.42 Å². The fourth-order valence-corrected chi connectivity index (χ4v) is 6.19. The van der Waals surface area contributed by atoms with Crippen LogP contribution in [0.25, 0.3) is 0 Å². The SMILES string of the molecule is CC1CC(C)CN(S(=O)(=O)c2ccc(CNC3CC3)s2)C1. The lowest BCUT2D eigenvalue weighted by atomic mass is 9.94. The van der Waals surface area contributed by atoms with E-state index >= 15 is 0 Å². The number of thiophene rings is 1. The third-order valence-corrected chi connectivity index (χ3v) is 7.59. The Morgan fingerprint density at radius 3 is 2.52 bits per heavy atom. The van der Waals surface area contributed by atoms with E-state index in [0.717, 1.165) is 17.8 Å². The molecule has 0 aromatic carbocycles. The summed E-state index contributed by atoms with van der Waals surface area (Å²) in [6.45, 7) is 6.37. The van der Waals surface area contributed by atoms with E-state index in [1.165, 1.54) is 24.2 Å². The average molecular weight is 329 g/mol. The van der Waals surface area contributed by atoms with Gasteiger partial charge in [-0.25, -0.2) is 8.42 Å². The van der Waals surface area contributed by atoms with Crippen LogP contribution in [0, 0.1) is 11.8 Å². The van der Waals surface area contributed by atoms with Gasteiger partial charge < -0.3 is 5.32 Å². The third-order valence-electron chi connectivity index (χ3n) is 4.21. The summed E-state index contributed by atoms with van der Waals surface area (Å²) < 4.78 is 27.7. The van der Waals surface area contributed by atoms with Crippen LogP contribution in [0.4, 0.5) is 0 Å². The smallest absolute Gasteiger partial charge is 0.252 e. The van der Waals surface area contributed by atoms with Gasteiger partial charge in [0.15, 0.2) is 0 Å². The van der Waals surface area contributed by atoms with E-state index in [1.807, 2.05) is 6.07 Å². The van der Waals surface area contributed by atoms with Crippen molar-refractivity contribution >= 4 is 21.4 Å². The van der Waals surface area contributed by atoms with Gasteiger partial charge >= 0.3 is 0 Å². The second-order valence-electron chi connectivity index (χ2n) is 6.64. The minimum absolute atomic E-state index is 0.444. The van der Waals surface area contributed by atoms with Crippen molar-refractivity contribution in [1.82, 2.24) is 9.62 Å². The summed E-state index contributed by atoms with van der Waals surface area (Å²) in [6, 6.07) is 4.37. The third kappa shape index (κ3) is 3.67. The fraction of sp³-hybridized carbons (Fsp3) is 0.733. The van der Waals surface area contributed by atoms with Crippen LogP contribution in [0.15, 0.2) is 16.3 Å². The molecule has 4 nitrogen and oxygen atoms in total. The Morgan fingerprint density at radius 2 is 1.90 bits per heavy atom. The summed E-state index contributed by atoms with van der Waals surface area (Å²) in [5.41, 5.74) is 0. The van der Waals surface area contributed by atoms with E-state index in [1.54, 1.807) is 10.4 Å². The first-order valence-electron chi connectivity index (χ1n) is 7.77. The molecule has 1 saturated heterocycles. The van der Waals surface area contributed by atoms with E-state index < -0.39 is 10.0 Å². The first kappa shape index (κ1) is 15.5. The van der Waals surface area contributed by atoms with Crippen LogP contribution < -0.4 is 5.32 Å². The molecule has 2 fully saturated rings. The van der Waals surface area contributed by atoms with Crippen molar-refractivity contribution in [1.29, 1.82) is 0 Å². The lowest BCUT2D eigenvalue weighted by Gasteiger charge is -2.33. The van der Waals surface area contributed by atoms with Gasteiger partial charge in [-0.05, 0) is 43.2 Å². The maximum atomic E-state index is 12.8. The molecule has 3 rings (SSSR count). The lowest BCUT2D eigenvalue weighted by Crippen LogP contribution is -2.42. The van der Waals surface area contributed by atoms with Crippen LogP contribution in [0.3, 0.4) is 0 Å². The minimum atomic E-state index is -3.31. The molecular weight excluding hydrogens is 304 g/mol. The first-order valence-corrected chi connectivity index (χ1v) is 10.0. The van der Waals surface area contributed by atoms with E-state index in [-0.39, 0.29) is 0 Å². The number of hydrogen-bond acceptors (Lipinski definition) is 4. The van der Waals surface area contributed by atoms with Crippen LogP contribution in [0.5, 0.6) is 0 Å². The van der Waals surface area contributed by atoms with Crippen molar-refractivity contribution in [2.45, 2.75) is 49.9 Å². The molecule has 1 aliphatic heterocycles. The summed E-state index contributed by atoms with van der Waals surface area (Å²) in [5.74, 6) is 0.888. The second kappa shape index (κ2) is 5.99. The van der Waals surface area contributed by atoms with Crippen LogP contribution in [0.1, 0.15) is 38.0 Å². The van der Waals surface area contributed by atoms with Gasteiger partial charge in [0, 0.05) is 30.6 Å². The number of rotatable bonds is 5. The summed E-state index contributed by atoms with van der Waals surface area (Å²) in [6.07, 6.45) is 3.62. The zero-order valence-electron chi connectivity index (χ0n) is 12.7. The predicted molar refractivity (Wildman–Crippen MR) is 85.9 cm³/mol. The molecule has 6 heteroatoms. The molecule has 0 amide bonds. The molecule has 0 spiro atoms. The average Bonchev–Trinajstić information content (AvgIpc) is 3.11. The molecule has 1 aromatic rings. The van der Waals surface area contributed by atoms with Gasteiger partial charge in [0.25, 0.3) is 10.0 Å². The van der Waals surface area contributed by atoms with E-state index in [9.17, 15) is 8.42 Å². The Kier molecular flexibility index (Phi) is 4.41. The fourth-order valence-electron chi connectivity index (χ4n) is 3.05. The maximum absolute atomic E-state index is 12.8. The van der Waals surface area contributed by atoms with Crippen LogP contribution in [-0.2, 0) is 16.6 Å². The van der Waals surface area contributed by atoms with Gasteiger partial charge in [0.2, 0.25) is 0 Å². The number of nitrogens with zero attached hydrogens (tertiary/aromatic N) is 1. The summed E-state index contributed by atoms with van der Waals surface area (Å²) in [7, 11) is -3.31. The molecule has 0 radical (unpaired) electrons. The quantitative estimate of drug-likeness (QED) is 0.904. The van der Waals surface area contributed by atoms with Crippen molar-refractivity contribution in [3.05, 3.63) is 17.0 Å². The van der Waals surface area contributed by atoms with E-state index in [0.29, 0.717) is 35.2 Å². The standard InChI is InChI=1S/C15H24N2O2S2/c1-11-7-12(2)10-17(9-11)21(18,19)15-6-5-14(20-15)8-16-13-3-4-13/h5-6,11-13,16H,3-4,7-10H2,1-2H3. The molecular formula is C15H24N2O2S2. The highest BCUT2D eigenvalue weighted by molar-refractivity contribution is 7.91. The van der Waals surface area contributed by atoms with Crippen molar-refractivity contribution in [2.24, 2.45) is 11.8 Å². The molecule has 0 bridgehead atoms. The van der Waals surface area contributed by atoms with Gasteiger partial charge in [-0.1, -0.05) is 13.8 Å². The zero-order chi connectivity index (χ0) is 15.0. The first-order chi connectivity index (χ1) is 9.95. The number of sulfonamides is 1. The molecule has 2 atom stereocenters. The van der Waals surface area contributed by atoms with Crippen LogP contribution >= 0.6 is 11.3 Å². The van der Waals surface area contributed by atoms with Gasteiger partial charge in [-0.15, -0.1) is 11.3 Å². The molecule has 1 N–H and O–H groups in total. The summed E-state index contributed by atoms with van der Waals surface area (Å²) >= 11 is 1.41. The Hall–Kier alpha value is -0.430. The normalized spacial score (nSPS) is 27.9. The molecule has 1 saturated carbocycles. The van der Waals surface area contributed by atoms with Gasteiger partial charge in [-0.2, -0.15) is 4.31 Å². The topological polar surface area (TPSA) is 49.4 Å². The van der Waals surface area contributed by atoms with Crippen molar-refractivity contribution in [2.75, 3.05) is 13.1 Å². The number of nitrogens with one attached hydrogen (secondary N) is 1. The summed E-state index contributed by atoms with van der Waals surface area (Å²) in [4.78, 5) is 1.11. The van der Waals surface area contributed by atoms with Crippen LogP contribution in [0.2, 0.25) is 0 Å². The second-order valence-corrected chi connectivity index (χ2v) is 9.98. The van der Waals surface area contributed by atoms with E-state index in [2.05, 4.69) is 19.2 Å². The van der Waals surface area contributed by atoms with Crippen molar-refractivity contribution in [3.8, 4) is 0 Å². The van der Waals surface area contributed by atoms with Gasteiger partial charge in [-0.3, -0.25) is 0 Å². The lowest BCUT2D eigenvalue weighted by molar-refractivity contribution is 0.223. The predicted octanol–water partition coefficient (Wildman–Crippen LogP) is 2.67. The molecule has 2 aliphatic rings. The Balaban J connectivity index is 1.71. The Labute approximate surface area is 131 Å². The highest BCUT2D eigenvalue weighted by atomic mass is 32.2. The molecule has 2 unspecified atom stereocenters. The maximum Gasteiger partial charge on any atom is 0.252 e. The number of hydrogen-bond donors (Lipinski definition) is 1. The minimum Gasteiger partial charge on any atom is -0.309 e. The van der Waals surface area contributed by atoms with Gasteiger partial charge in [0.1, 0.15) is 4.21 Å². The Bertz CT molecular complexity index is 583. The largest absolute Gasteiger partial charge is 0.309 e. The highest BCUT2D eigenvalue weighted by Gasteiger charge is 2.32. The zero-order valence-corrected chi connectivity index (χ0v) is 14.3. The van der Waals surface area contributed by atoms with Crippen LogP contribution in [-0.4, -0.2) is 31.9 Å². The number of piperidine rings is 1. The Morgan fingerprint density at radius 1 is 1.24 bits per heavy atom. The van der Waals surface area contributed by atoms with Crippen molar-refractivity contribution in [3.63, 3.8) is 0 Å². The highest BCUT2D eigenvalue weighted by Crippen LogP contribution is 2.30. The molecule has 118 valence electrons. The summed E-state index contributed by atoms with van der Waals surface area (Å²) in [5, 5.41) is 3.43.